The Bertz CT molecular complexity index is 569. The predicted molar refractivity (Wildman–Crippen MR) is 72.9 cm³/mol. The fourth-order valence-corrected chi connectivity index (χ4v) is 1.98. The molecular weight excluding hydrogens is 367 g/mol. The summed E-state index contributed by atoms with van der Waals surface area (Å²) in [4.78, 5) is 21.5. The number of hydrogen-bond acceptors (Lipinski definition) is 6. The van der Waals surface area contributed by atoms with Gasteiger partial charge in [0, 0.05) is 6.07 Å². The highest BCUT2D eigenvalue weighted by Crippen LogP contribution is 2.34. The number of benzene rings is 1. The summed E-state index contributed by atoms with van der Waals surface area (Å²) in [5.74, 6) is 4.26. The highest BCUT2D eigenvalue weighted by molar-refractivity contribution is 14.1. The number of carbonyl (C=O) groups excluding carboxylic acids is 1. The topological polar surface area (TPSA) is 131 Å². The van der Waals surface area contributed by atoms with Crippen LogP contribution in [-0.4, -0.2) is 16.9 Å². The number of nitrogens with two attached hydrogens (primary N) is 1. The maximum absolute atomic E-state index is 11.2. The summed E-state index contributed by atoms with van der Waals surface area (Å²) in [5.41, 5.74) is 1.65. The second-order valence-electron chi connectivity index (χ2n) is 3.44. The van der Waals surface area contributed by atoms with Crippen LogP contribution in [0.15, 0.2) is 12.1 Å². The van der Waals surface area contributed by atoms with Crippen molar-refractivity contribution < 1.29 is 14.5 Å². The third-order valence-electron chi connectivity index (χ3n) is 2.16. The molecule has 100 valence electrons. The number of nitriles is 1. The van der Waals surface area contributed by atoms with Crippen molar-refractivity contribution in [2.45, 2.75) is 13.0 Å². The molecule has 0 aliphatic rings. The van der Waals surface area contributed by atoms with E-state index >= 15 is 0 Å². The number of rotatable bonds is 4. The van der Waals surface area contributed by atoms with E-state index in [1.807, 2.05) is 11.5 Å². The number of carbonyl (C=O) groups is 1. The average Bonchev–Trinajstić information content (AvgIpc) is 2.39. The Kier molecular flexibility index (Phi) is 5.02. The lowest BCUT2D eigenvalue weighted by molar-refractivity contribution is -0.386. The first-order chi connectivity index (χ1) is 8.90. The Morgan fingerprint density at radius 3 is 2.79 bits per heavy atom. The van der Waals surface area contributed by atoms with Crippen LogP contribution in [0.25, 0.3) is 0 Å². The molecule has 1 aromatic rings. The van der Waals surface area contributed by atoms with Gasteiger partial charge in [0.05, 0.1) is 20.1 Å². The Balaban J connectivity index is 3.23. The van der Waals surface area contributed by atoms with Crippen molar-refractivity contribution in [1.29, 1.82) is 5.26 Å². The predicted octanol–water partition coefficient (Wildman–Crippen LogP) is 0.828. The molecule has 0 aliphatic heterocycles. The summed E-state index contributed by atoms with van der Waals surface area (Å²) in [6.07, 6.45) is -0.995. The van der Waals surface area contributed by atoms with Gasteiger partial charge in [-0.3, -0.25) is 20.3 Å². The lowest BCUT2D eigenvalue weighted by atomic mass is 10.2. The van der Waals surface area contributed by atoms with Crippen LogP contribution in [0.2, 0.25) is 0 Å². The quantitative estimate of drug-likeness (QED) is 0.263. The largest absolute Gasteiger partial charge is 0.473 e. The van der Waals surface area contributed by atoms with E-state index in [1.54, 1.807) is 22.6 Å². The van der Waals surface area contributed by atoms with Crippen molar-refractivity contribution in [3.05, 3.63) is 31.4 Å². The molecular formula is C10H9IN4O4. The van der Waals surface area contributed by atoms with Gasteiger partial charge in [0.2, 0.25) is 5.75 Å². The molecule has 1 unspecified atom stereocenters. The van der Waals surface area contributed by atoms with Gasteiger partial charge in [-0.2, -0.15) is 5.26 Å². The summed E-state index contributed by atoms with van der Waals surface area (Å²) in [5, 5.41) is 19.7. The van der Waals surface area contributed by atoms with Crippen molar-refractivity contribution in [2.24, 2.45) is 5.84 Å². The van der Waals surface area contributed by atoms with Gasteiger partial charge in [0.1, 0.15) is 0 Å². The fraction of sp³-hybridized carbons (Fsp3) is 0.200. The molecule has 0 saturated heterocycles. The molecule has 0 spiro atoms. The molecule has 1 amide bonds. The normalized spacial score (nSPS) is 11.3. The van der Waals surface area contributed by atoms with Crippen LogP contribution in [-0.2, 0) is 4.79 Å². The molecule has 0 aliphatic carbocycles. The van der Waals surface area contributed by atoms with Crippen molar-refractivity contribution in [3.63, 3.8) is 0 Å². The van der Waals surface area contributed by atoms with Crippen molar-refractivity contribution >= 4 is 34.2 Å². The van der Waals surface area contributed by atoms with Crippen LogP contribution in [0.1, 0.15) is 12.5 Å². The first-order valence-electron chi connectivity index (χ1n) is 4.95. The average molecular weight is 376 g/mol. The highest BCUT2D eigenvalue weighted by Gasteiger charge is 2.24. The standard InChI is InChI=1S/C10H9IN4O4/c1-5(10(16)14-13)19-9-7(11)2-6(4-12)3-8(9)15(17)18/h2-3,5H,13H2,1H3,(H,14,16). The van der Waals surface area contributed by atoms with Gasteiger partial charge in [-0.1, -0.05) is 0 Å². The maximum Gasteiger partial charge on any atom is 0.313 e. The molecule has 19 heavy (non-hydrogen) atoms. The first kappa shape index (κ1) is 15.1. The van der Waals surface area contributed by atoms with Crippen LogP contribution in [0, 0.1) is 25.0 Å². The second-order valence-corrected chi connectivity index (χ2v) is 4.61. The molecule has 0 aromatic heterocycles. The Labute approximate surface area is 121 Å². The van der Waals surface area contributed by atoms with E-state index in [1.165, 1.54) is 13.0 Å². The molecule has 1 atom stereocenters. The molecule has 0 bridgehead atoms. The van der Waals surface area contributed by atoms with E-state index in [-0.39, 0.29) is 17.0 Å². The minimum Gasteiger partial charge on any atom is -0.473 e. The SMILES string of the molecule is CC(Oc1c(I)cc(C#N)cc1[N+](=O)[O-])C(=O)NN. The number of halogens is 1. The highest BCUT2D eigenvalue weighted by atomic mass is 127. The lowest BCUT2D eigenvalue weighted by Gasteiger charge is -2.14. The zero-order chi connectivity index (χ0) is 14.6. The third-order valence-corrected chi connectivity index (χ3v) is 2.96. The van der Waals surface area contributed by atoms with Crippen LogP contribution >= 0.6 is 22.6 Å². The smallest absolute Gasteiger partial charge is 0.313 e. The second kappa shape index (κ2) is 6.30. The number of hydrazine groups is 1. The van der Waals surface area contributed by atoms with E-state index in [0.717, 1.165) is 6.07 Å². The van der Waals surface area contributed by atoms with E-state index in [2.05, 4.69) is 0 Å². The molecule has 0 radical (unpaired) electrons. The fourth-order valence-electron chi connectivity index (χ4n) is 1.24. The van der Waals surface area contributed by atoms with Gasteiger partial charge in [-0.25, -0.2) is 5.84 Å². The Hall–Kier alpha value is -1.93. The van der Waals surface area contributed by atoms with Crippen molar-refractivity contribution in [2.75, 3.05) is 0 Å². The van der Waals surface area contributed by atoms with Crippen LogP contribution in [0.3, 0.4) is 0 Å². The zero-order valence-corrected chi connectivity index (χ0v) is 11.9. The number of hydrogen-bond donors (Lipinski definition) is 2. The van der Waals surface area contributed by atoms with E-state index in [9.17, 15) is 14.9 Å². The Morgan fingerprint density at radius 1 is 1.68 bits per heavy atom. The number of nitro benzene ring substituents is 1. The van der Waals surface area contributed by atoms with E-state index in [4.69, 9.17) is 15.8 Å². The summed E-state index contributed by atoms with van der Waals surface area (Å²) in [6.45, 7) is 1.40. The first-order valence-corrected chi connectivity index (χ1v) is 6.03. The number of amides is 1. The molecule has 1 aromatic carbocycles. The lowest BCUT2D eigenvalue weighted by Crippen LogP contribution is -2.40. The molecule has 8 nitrogen and oxygen atoms in total. The minimum absolute atomic E-state index is 0.0688. The summed E-state index contributed by atoms with van der Waals surface area (Å²) in [7, 11) is 0. The maximum atomic E-state index is 11.2. The van der Waals surface area contributed by atoms with Crippen LogP contribution in [0.5, 0.6) is 5.75 Å². The summed E-state index contributed by atoms with van der Waals surface area (Å²) in [6, 6.07) is 4.33. The molecule has 3 N–H and O–H groups in total. The van der Waals surface area contributed by atoms with Gasteiger partial charge < -0.3 is 4.74 Å². The molecule has 0 heterocycles. The van der Waals surface area contributed by atoms with Gasteiger partial charge in [-0.15, -0.1) is 0 Å². The summed E-state index contributed by atoms with van der Waals surface area (Å²) < 4.78 is 5.60. The van der Waals surface area contributed by atoms with Crippen molar-refractivity contribution in [1.82, 2.24) is 5.43 Å². The van der Waals surface area contributed by atoms with Crippen LogP contribution in [0.4, 0.5) is 5.69 Å². The van der Waals surface area contributed by atoms with Gasteiger partial charge in [-0.05, 0) is 35.6 Å². The zero-order valence-electron chi connectivity index (χ0n) is 9.71. The monoisotopic (exact) mass is 376 g/mol. The van der Waals surface area contributed by atoms with Gasteiger partial charge >= 0.3 is 5.69 Å². The van der Waals surface area contributed by atoms with Gasteiger partial charge in [0.25, 0.3) is 5.91 Å². The summed E-state index contributed by atoms with van der Waals surface area (Å²) >= 11 is 1.79. The number of nitro groups is 1. The molecule has 9 heteroatoms. The number of nitrogens with zero attached hydrogens (tertiary/aromatic N) is 2. The molecule has 0 saturated carbocycles. The molecule has 0 fully saturated rings. The van der Waals surface area contributed by atoms with Crippen LogP contribution < -0.4 is 16.0 Å². The Morgan fingerprint density at radius 2 is 2.32 bits per heavy atom. The third kappa shape index (κ3) is 3.52. The van der Waals surface area contributed by atoms with Crippen molar-refractivity contribution in [3.8, 4) is 11.8 Å². The number of ether oxygens (including phenoxy) is 1. The minimum atomic E-state index is -0.995. The molecule has 1 rings (SSSR count). The van der Waals surface area contributed by atoms with E-state index in [0.29, 0.717) is 3.57 Å². The van der Waals surface area contributed by atoms with Gasteiger partial charge in [0.15, 0.2) is 6.10 Å². The number of nitrogens with one attached hydrogen (secondary N) is 1. The van der Waals surface area contributed by atoms with E-state index < -0.39 is 16.9 Å².